The van der Waals surface area contributed by atoms with Gasteiger partial charge in [0.2, 0.25) is 5.88 Å². The Bertz CT molecular complexity index is 728. The Hall–Kier alpha value is -1.42. The van der Waals surface area contributed by atoms with Gasteiger partial charge in [-0.15, -0.1) is 35.3 Å². The lowest BCUT2D eigenvalue weighted by atomic mass is 10.3. The number of guanidine groups is 1. The zero-order valence-electron chi connectivity index (χ0n) is 16.6. The van der Waals surface area contributed by atoms with Gasteiger partial charge in [-0.3, -0.25) is 0 Å². The Morgan fingerprint density at radius 2 is 2.00 bits per heavy atom. The molecule has 0 radical (unpaired) electrons. The summed E-state index contributed by atoms with van der Waals surface area (Å²) in [6.45, 7) is 6.28. The van der Waals surface area contributed by atoms with Gasteiger partial charge in [-0.1, -0.05) is 13.0 Å². The Labute approximate surface area is 188 Å². The maximum Gasteiger partial charge on any atom is 0.213 e. The monoisotopic (exact) mass is 515 g/mol. The molecule has 1 aliphatic rings. The molecule has 6 nitrogen and oxygen atoms in total. The zero-order valence-corrected chi connectivity index (χ0v) is 19.8. The quantitative estimate of drug-likeness (QED) is 0.312. The third-order valence-corrected chi connectivity index (χ3v) is 5.65. The standard InChI is InChI=1S/C20H29N5OS.HI/c1-3-17-13-23-19(27-17)14-25-20(21-4-2)24-12-15-9-10-18(22-11-15)26-16-7-5-6-8-16;/h9-11,13,16H,3-8,12,14H2,1-2H3,(H2,21,24,25);1H. The minimum atomic E-state index is 0. The molecule has 3 rings (SSSR count). The van der Waals surface area contributed by atoms with Crippen LogP contribution in [0.2, 0.25) is 0 Å². The highest BCUT2D eigenvalue weighted by Gasteiger charge is 2.16. The van der Waals surface area contributed by atoms with Crippen LogP contribution in [-0.4, -0.2) is 28.6 Å². The van der Waals surface area contributed by atoms with Crippen molar-refractivity contribution in [3.05, 3.63) is 40.0 Å². The molecule has 0 aromatic carbocycles. The fourth-order valence-corrected chi connectivity index (χ4v) is 3.82. The van der Waals surface area contributed by atoms with Crippen molar-refractivity contribution in [2.24, 2.45) is 4.99 Å². The lowest BCUT2D eigenvalue weighted by Crippen LogP contribution is -2.36. The van der Waals surface area contributed by atoms with E-state index >= 15 is 0 Å². The first-order valence-electron chi connectivity index (χ1n) is 9.84. The lowest BCUT2D eigenvalue weighted by molar-refractivity contribution is 0.201. The number of pyridine rings is 1. The van der Waals surface area contributed by atoms with Crippen LogP contribution in [0.1, 0.15) is 55.0 Å². The number of hydrogen-bond donors (Lipinski definition) is 2. The molecular weight excluding hydrogens is 485 g/mol. The second-order valence-electron chi connectivity index (χ2n) is 6.65. The van der Waals surface area contributed by atoms with Gasteiger partial charge in [0.25, 0.3) is 0 Å². The summed E-state index contributed by atoms with van der Waals surface area (Å²) in [6, 6.07) is 3.99. The van der Waals surface area contributed by atoms with Crippen molar-refractivity contribution in [2.45, 2.75) is 65.1 Å². The third-order valence-electron chi connectivity index (χ3n) is 4.51. The van der Waals surface area contributed by atoms with E-state index in [4.69, 9.17) is 4.74 Å². The first kappa shape index (κ1) is 22.9. The van der Waals surface area contributed by atoms with E-state index in [0.717, 1.165) is 48.2 Å². The maximum atomic E-state index is 5.92. The number of nitrogens with one attached hydrogen (secondary N) is 2. The molecule has 28 heavy (non-hydrogen) atoms. The topological polar surface area (TPSA) is 71.4 Å². The van der Waals surface area contributed by atoms with E-state index in [1.165, 1.54) is 17.7 Å². The van der Waals surface area contributed by atoms with Crippen molar-refractivity contribution in [1.82, 2.24) is 20.6 Å². The molecule has 0 unspecified atom stereocenters. The molecule has 2 aromatic heterocycles. The molecule has 2 heterocycles. The highest BCUT2D eigenvalue weighted by atomic mass is 127. The molecular formula is C20H30IN5OS. The maximum absolute atomic E-state index is 5.92. The molecule has 1 fully saturated rings. The van der Waals surface area contributed by atoms with Gasteiger partial charge in [0.05, 0.1) is 13.1 Å². The summed E-state index contributed by atoms with van der Waals surface area (Å²) in [4.78, 5) is 14.8. The minimum Gasteiger partial charge on any atom is -0.474 e. The number of nitrogens with zero attached hydrogens (tertiary/aromatic N) is 3. The van der Waals surface area contributed by atoms with Crippen LogP contribution in [0, 0.1) is 0 Å². The molecule has 0 saturated heterocycles. The number of ether oxygens (including phenoxy) is 1. The number of aryl methyl sites for hydroxylation is 1. The van der Waals surface area contributed by atoms with Crippen molar-refractivity contribution < 1.29 is 4.74 Å². The molecule has 0 atom stereocenters. The lowest BCUT2D eigenvalue weighted by Gasteiger charge is -2.12. The number of aliphatic imine (C=N–C) groups is 1. The minimum absolute atomic E-state index is 0. The van der Waals surface area contributed by atoms with Crippen LogP contribution in [0.15, 0.2) is 29.5 Å². The Kier molecular flexibility index (Phi) is 9.97. The predicted octanol–water partition coefficient (Wildman–Crippen LogP) is 4.30. The second-order valence-corrected chi connectivity index (χ2v) is 7.85. The molecule has 1 aliphatic carbocycles. The molecule has 2 N–H and O–H groups in total. The van der Waals surface area contributed by atoms with Gasteiger partial charge < -0.3 is 15.4 Å². The van der Waals surface area contributed by atoms with Gasteiger partial charge in [-0.2, -0.15) is 0 Å². The van der Waals surface area contributed by atoms with Crippen molar-refractivity contribution in [2.75, 3.05) is 6.54 Å². The number of aromatic nitrogens is 2. The number of halogens is 1. The zero-order chi connectivity index (χ0) is 18.9. The average Bonchev–Trinajstić information content (AvgIpc) is 3.37. The summed E-state index contributed by atoms with van der Waals surface area (Å²) in [5.74, 6) is 1.51. The number of hydrogen-bond acceptors (Lipinski definition) is 5. The van der Waals surface area contributed by atoms with Gasteiger partial charge in [-0.05, 0) is 44.6 Å². The molecule has 8 heteroatoms. The Morgan fingerprint density at radius 3 is 2.64 bits per heavy atom. The molecule has 0 amide bonds. The van der Waals surface area contributed by atoms with E-state index in [1.807, 2.05) is 24.5 Å². The second kappa shape index (κ2) is 12.2. The molecule has 0 spiro atoms. The van der Waals surface area contributed by atoms with E-state index in [-0.39, 0.29) is 24.0 Å². The fraction of sp³-hybridized carbons (Fsp3) is 0.550. The Balaban J connectivity index is 0.00000280. The smallest absolute Gasteiger partial charge is 0.213 e. The van der Waals surface area contributed by atoms with Gasteiger partial charge >= 0.3 is 0 Å². The van der Waals surface area contributed by atoms with Crippen molar-refractivity contribution in [3.8, 4) is 5.88 Å². The summed E-state index contributed by atoms with van der Waals surface area (Å²) in [5.41, 5.74) is 1.06. The van der Waals surface area contributed by atoms with Crippen LogP contribution in [0.5, 0.6) is 5.88 Å². The van der Waals surface area contributed by atoms with Crippen molar-refractivity contribution in [3.63, 3.8) is 0 Å². The van der Waals surface area contributed by atoms with Crippen molar-refractivity contribution >= 4 is 41.3 Å². The van der Waals surface area contributed by atoms with E-state index in [1.54, 1.807) is 11.3 Å². The van der Waals surface area contributed by atoms with E-state index in [9.17, 15) is 0 Å². The van der Waals surface area contributed by atoms with Crippen LogP contribution < -0.4 is 15.4 Å². The molecule has 1 saturated carbocycles. The van der Waals surface area contributed by atoms with Crippen LogP contribution >= 0.6 is 35.3 Å². The summed E-state index contributed by atoms with van der Waals surface area (Å²) >= 11 is 1.74. The van der Waals surface area contributed by atoms with Gasteiger partial charge in [0.15, 0.2) is 5.96 Å². The highest BCUT2D eigenvalue weighted by Crippen LogP contribution is 2.22. The van der Waals surface area contributed by atoms with Crippen LogP contribution in [0.25, 0.3) is 0 Å². The van der Waals surface area contributed by atoms with E-state index < -0.39 is 0 Å². The Morgan fingerprint density at radius 1 is 1.18 bits per heavy atom. The predicted molar refractivity (Wildman–Crippen MR) is 126 cm³/mol. The summed E-state index contributed by atoms with van der Waals surface area (Å²) in [7, 11) is 0. The summed E-state index contributed by atoms with van der Waals surface area (Å²) in [6.07, 6.45) is 9.98. The summed E-state index contributed by atoms with van der Waals surface area (Å²) < 4.78 is 5.92. The SMILES string of the molecule is CCNC(=NCc1ccc(OC2CCCC2)nc1)NCc1ncc(CC)s1.I. The average molecular weight is 515 g/mol. The first-order chi connectivity index (χ1) is 13.3. The number of thiazole rings is 1. The van der Waals surface area contributed by atoms with E-state index in [2.05, 4.69) is 39.4 Å². The van der Waals surface area contributed by atoms with Crippen molar-refractivity contribution in [1.29, 1.82) is 0 Å². The molecule has 154 valence electrons. The van der Waals surface area contributed by atoms with E-state index in [0.29, 0.717) is 19.2 Å². The normalized spacial score (nSPS) is 14.6. The fourth-order valence-electron chi connectivity index (χ4n) is 3.02. The van der Waals surface area contributed by atoms with Crippen LogP contribution in [0.3, 0.4) is 0 Å². The molecule has 2 aromatic rings. The summed E-state index contributed by atoms with van der Waals surface area (Å²) in [5, 5.41) is 7.70. The van der Waals surface area contributed by atoms with Gasteiger partial charge in [0.1, 0.15) is 11.1 Å². The first-order valence-corrected chi connectivity index (χ1v) is 10.7. The van der Waals surface area contributed by atoms with Gasteiger partial charge in [0, 0.05) is 29.9 Å². The highest BCUT2D eigenvalue weighted by molar-refractivity contribution is 14.0. The largest absolute Gasteiger partial charge is 0.474 e. The van der Waals surface area contributed by atoms with Gasteiger partial charge in [-0.25, -0.2) is 15.0 Å². The molecule has 0 bridgehead atoms. The number of rotatable bonds is 8. The van der Waals surface area contributed by atoms with Crippen LogP contribution in [0.4, 0.5) is 0 Å². The third kappa shape index (κ3) is 7.20. The van der Waals surface area contributed by atoms with Crippen LogP contribution in [-0.2, 0) is 19.5 Å². The molecule has 0 aliphatic heterocycles.